The van der Waals surface area contributed by atoms with Gasteiger partial charge in [0.15, 0.2) is 0 Å². The Morgan fingerprint density at radius 3 is 2.58 bits per heavy atom. The fourth-order valence-electron chi connectivity index (χ4n) is 1.36. The molecule has 0 bridgehead atoms. The molecule has 1 amide bonds. The number of nitrogens with one attached hydrogen (secondary N) is 2. The molecule has 2 N–H and O–H groups in total. The lowest BCUT2D eigenvalue weighted by molar-refractivity contribution is 0.0955. The quantitative estimate of drug-likeness (QED) is 0.747. The Morgan fingerprint density at radius 2 is 2.00 bits per heavy atom. The average molecular weight is 414 g/mol. The minimum Gasteiger partial charge on any atom is -0.351 e. The van der Waals surface area contributed by atoms with Crippen LogP contribution < -0.4 is 10.0 Å². The first-order valence-corrected chi connectivity index (χ1v) is 8.80. The first-order chi connectivity index (χ1) is 8.85. The highest BCUT2D eigenvalue weighted by molar-refractivity contribution is 9.11. The molecule has 0 aliphatic heterocycles. The summed E-state index contributed by atoms with van der Waals surface area (Å²) in [6, 6.07) is 5.15. The Morgan fingerprint density at radius 1 is 1.32 bits per heavy atom. The minimum atomic E-state index is -3.31. The predicted octanol–water partition coefficient (Wildman–Crippen LogP) is 1.88. The zero-order chi connectivity index (χ0) is 14.5. The lowest BCUT2D eigenvalue weighted by atomic mass is 10.2. The Kier molecular flexibility index (Phi) is 6.45. The molecule has 0 heterocycles. The average Bonchev–Trinajstić information content (AvgIpc) is 2.28. The number of hydrogen-bond acceptors (Lipinski definition) is 3. The van der Waals surface area contributed by atoms with Gasteiger partial charge in [-0.15, -0.1) is 0 Å². The van der Waals surface area contributed by atoms with Gasteiger partial charge in [-0.2, -0.15) is 0 Å². The van der Waals surface area contributed by atoms with E-state index >= 15 is 0 Å². The van der Waals surface area contributed by atoms with E-state index in [9.17, 15) is 13.2 Å². The van der Waals surface area contributed by atoms with Gasteiger partial charge in [0, 0.05) is 22.0 Å². The monoisotopic (exact) mass is 412 g/mol. The SMILES string of the molecule is CCNS(=O)(=O)CCNC(=O)c1ccc(Br)cc1Br. The summed E-state index contributed by atoms with van der Waals surface area (Å²) >= 11 is 6.57. The molecule has 0 atom stereocenters. The zero-order valence-electron chi connectivity index (χ0n) is 10.2. The molecule has 5 nitrogen and oxygen atoms in total. The van der Waals surface area contributed by atoms with Crippen LogP contribution in [-0.4, -0.2) is 33.2 Å². The van der Waals surface area contributed by atoms with Crippen molar-refractivity contribution in [3.05, 3.63) is 32.7 Å². The molecule has 1 rings (SSSR count). The summed E-state index contributed by atoms with van der Waals surface area (Å²) in [4.78, 5) is 11.8. The van der Waals surface area contributed by atoms with Crippen LogP contribution in [0.3, 0.4) is 0 Å². The molecular formula is C11H14Br2N2O3S. The Labute approximate surface area is 129 Å². The molecule has 19 heavy (non-hydrogen) atoms. The van der Waals surface area contributed by atoms with Crippen molar-refractivity contribution in [1.29, 1.82) is 0 Å². The van der Waals surface area contributed by atoms with Crippen molar-refractivity contribution >= 4 is 47.8 Å². The highest BCUT2D eigenvalue weighted by Gasteiger charge is 2.12. The fraction of sp³-hybridized carbons (Fsp3) is 0.364. The van der Waals surface area contributed by atoms with Crippen LogP contribution in [0.4, 0.5) is 0 Å². The number of halogens is 2. The lowest BCUT2D eigenvalue weighted by Gasteiger charge is -2.08. The van der Waals surface area contributed by atoms with E-state index in [1.54, 1.807) is 25.1 Å². The normalized spacial score (nSPS) is 11.3. The lowest BCUT2D eigenvalue weighted by Crippen LogP contribution is -2.34. The Balaban J connectivity index is 2.57. The third-order valence-corrected chi connectivity index (χ3v) is 4.82. The van der Waals surface area contributed by atoms with Gasteiger partial charge in [0.25, 0.3) is 5.91 Å². The van der Waals surface area contributed by atoms with E-state index in [1.165, 1.54) is 0 Å². The van der Waals surface area contributed by atoms with E-state index in [2.05, 4.69) is 41.9 Å². The smallest absolute Gasteiger partial charge is 0.252 e. The number of hydrogen-bond donors (Lipinski definition) is 2. The summed E-state index contributed by atoms with van der Waals surface area (Å²) in [7, 11) is -3.31. The predicted molar refractivity (Wildman–Crippen MR) is 81.6 cm³/mol. The Bertz CT molecular complexity index is 561. The van der Waals surface area contributed by atoms with E-state index in [1.807, 2.05) is 0 Å². The van der Waals surface area contributed by atoms with Crippen LogP contribution in [-0.2, 0) is 10.0 Å². The third kappa shape index (κ3) is 5.60. The summed E-state index contributed by atoms with van der Waals surface area (Å²) in [5, 5.41) is 2.57. The van der Waals surface area contributed by atoms with E-state index in [4.69, 9.17) is 0 Å². The second kappa shape index (κ2) is 7.37. The van der Waals surface area contributed by atoms with E-state index in [0.717, 1.165) is 4.47 Å². The number of rotatable bonds is 6. The maximum atomic E-state index is 11.8. The third-order valence-electron chi connectivity index (χ3n) is 2.20. The van der Waals surface area contributed by atoms with Crippen LogP contribution in [0.2, 0.25) is 0 Å². The van der Waals surface area contributed by atoms with Gasteiger partial charge in [-0.25, -0.2) is 13.1 Å². The van der Waals surface area contributed by atoms with Crippen molar-refractivity contribution in [3.63, 3.8) is 0 Å². The molecule has 0 fully saturated rings. The second-order valence-electron chi connectivity index (χ2n) is 3.70. The van der Waals surface area contributed by atoms with Gasteiger partial charge in [0.2, 0.25) is 10.0 Å². The molecule has 0 aliphatic rings. The first kappa shape index (κ1) is 16.6. The number of benzene rings is 1. The van der Waals surface area contributed by atoms with E-state index in [-0.39, 0.29) is 18.2 Å². The molecule has 8 heteroatoms. The van der Waals surface area contributed by atoms with Gasteiger partial charge in [0.1, 0.15) is 0 Å². The van der Waals surface area contributed by atoms with Gasteiger partial charge in [-0.05, 0) is 34.1 Å². The number of sulfonamides is 1. The van der Waals surface area contributed by atoms with Crippen LogP contribution in [0.1, 0.15) is 17.3 Å². The zero-order valence-corrected chi connectivity index (χ0v) is 14.2. The number of amides is 1. The molecule has 1 aromatic carbocycles. The molecule has 0 unspecified atom stereocenters. The largest absolute Gasteiger partial charge is 0.351 e. The molecule has 0 aliphatic carbocycles. The van der Waals surface area contributed by atoms with Crippen LogP contribution in [0.5, 0.6) is 0 Å². The van der Waals surface area contributed by atoms with Crippen LogP contribution in [0, 0.1) is 0 Å². The van der Waals surface area contributed by atoms with Gasteiger partial charge in [0.05, 0.1) is 11.3 Å². The molecule has 0 saturated heterocycles. The topological polar surface area (TPSA) is 75.3 Å². The molecular weight excluding hydrogens is 400 g/mol. The van der Waals surface area contributed by atoms with Crippen LogP contribution in [0.25, 0.3) is 0 Å². The molecule has 0 spiro atoms. The maximum Gasteiger partial charge on any atom is 0.252 e. The number of carbonyl (C=O) groups excluding carboxylic acids is 1. The summed E-state index contributed by atoms with van der Waals surface area (Å²) in [6.45, 7) is 2.11. The van der Waals surface area contributed by atoms with Crippen molar-refractivity contribution in [2.45, 2.75) is 6.92 Å². The van der Waals surface area contributed by atoms with Crippen LogP contribution in [0.15, 0.2) is 27.1 Å². The van der Waals surface area contributed by atoms with Crippen LogP contribution >= 0.6 is 31.9 Å². The number of carbonyl (C=O) groups is 1. The molecule has 1 aromatic rings. The highest BCUT2D eigenvalue weighted by atomic mass is 79.9. The van der Waals surface area contributed by atoms with Crippen molar-refractivity contribution < 1.29 is 13.2 Å². The molecule has 106 valence electrons. The minimum absolute atomic E-state index is 0.0661. The summed E-state index contributed by atoms with van der Waals surface area (Å²) < 4.78 is 26.6. The van der Waals surface area contributed by atoms with Gasteiger partial charge >= 0.3 is 0 Å². The van der Waals surface area contributed by atoms with E-state index in [0.29, 0.717) is 16.6 Å². The van der Waals surface area contributed by atoms with Gasteiger partial charge in [-0.1, -0.05) is 22.9 Å². The maximum absolute atomic E-state index is 11.8. The standard InChI is InChI=1S/C11H14Br2N2O3S/c1-2-15-19(17,18)6-5-14-11(16)9-4-3-8(12)7-10(9)13/h3-4,7,15H,2,5-6H2,1H3,(H,14,16). The molecule has 0 radical (unpaired) electrons. The fourth-order valence-corrected chi connectivity index (χ4v) is 3.54. The van der Waals surface area contributed by atoms with Crippen molar-refractivity contribution in [3.8, 4) is 0 Å². The second-order valence-corrected chi connectivity index (χ2v) is 7.39. The van der Waals surface area contributed by atoms with Gasteiger partial charge in [-0.3, -0.25) is 4.79 Å². The van der Waals surface area contributed by atoms with Gasteiger partial charge < -0.3 is 5.32 Å². The van der Waals surface area contributed by atoms with E-state index < -0.39 is 10.0 Å². The first-order valence-electron chi connectivity index (χ1n) is 5.56. The Hall–Kier alpha value is -0.440. The molecule has 0 saturated carbocycles. The molecule has 0 aromatic heterocycles. The van der Waals surface area contributed by atoms with Crippen molar-refractivity contribution in [1.82, 2.24) is 10.0 Å². The summed E-state index contributed by atoms with van der Waals surface area (Å²) in [5.74, 6) is -0.452. The van der Waals surface area contributed by atoms with Crippen molar-refractivity contribution in [2.75, 3.05) is 18.8 Å². The highest BCUT2D eigenvalue weighted by Crippen LogP contribution is 2.21. The van der Waals surface area contributed by atoms with Crippen molar-refractivity contribution in [2.24, 2.45) is 0 Å². The summed E-state index contributed by atoms with van der Waals surface area (Å²) in [5.41, 5.74) is 0.462. The summed E-state index contributed by atoms with van der Waals surface area (Å²) in [6.07, 6.45) is 0.